The van der Waals surface area contributed by atoms with Gasteiger partial charge in [0, 0.05) is 32.5 Å². The zero-order valence-corrected chi connectivity index (χ0v) is 14.8. The molecule has 1 N–H and O–H groups in total. The van der Waals surface area contributed by atoms with Gasteiger partial charge >= 0.3 is 5.69 Å². The highest BCUT2D eigenvalue weighted by atomic mass is 16.2. The van der Waals surface area contributed by atoms with Gasteiger partial charge in [-0.25, -0.2) is 19.4 Å². The Morgan fingerprint density at radius 3 is 2.76 bits per heavy atom. The highest BCUT2D eigenvalue weighted by molar-refractivity contribution is 5.84. The lowest BCUT2D eigenvalue weighted by atomic mass is 10.1. The molecule has 0 radical (unpaired) electrons. The lowest BCUT2D eigenvalue weighted by Crippen LogP contribution is -2.42. The number of nitrogens with one attached hydrogen (secondary N) is 1. The second kappa shape index (κ2) is 7.04. The van der Waals surface area contributed by atoms with Crippen molar-refractivity contribution in [3.8, 4) is 0 Å². The van der Waals surface area contributed by atoms with Crippen molar-refractivity contribution in [3.63, 3.8) is 0 Å². The van der Waals surface area contributed by atoms with E-state index < -0.39 is 0 Å². The second-order valence-electron chi connectivity index (χ2n) is 6.36. The van der Waals surface area contributed by atoms with E-state index in [1.54, 1.807) is 25.2 Å². The predicted molar refractivity (Wildman–Crippen MR) is 91.9 cm³/mol. The molecule has 2 aromatic rings. The van der Waals surface area contributed by atoms with Gasteiger partial charge in [0.15, 0.2) is 5.82 Å². The Balaban J connectivity index is 1.77. The van der Waals surface area contributed by atoms with Crippen LogP contribution in [0.2, 0.25) is 0 Å². The van der Waals surface area contributed by atoms with Crippen LogP contribution in [0.5, 0.6) is 0 Å². The van der Waals surface area contributed by atoms with Gasteiger partial charge in [0.25, 0.3) is 0 Å². The number of nitrogens with zero attached hydrogens (tertiary/aromatic N) is 6. The first-order chi connectivity index (χ1) is 12.0. The SMILES string of the molecule is Cc1ccnc(NC2CCCCN(Cc3nn(C)c(=O)n3C)C2=O)n1. The minimum atomic E-state index is -0.370. The van der Waals surface area contributed by atoms with E-state index in [1.165, 1.54) is 9.25 Å². The first kappa shape index (κ1) is 17.1. The fraction of sp³-hybridized carbons (Fsp3) is 0.562. The van der Waals surface area contributed by atoms with Crippen LogP contribution in [0.4, 0.5) is 5.95 Å². The summed E-state index contributed by atoms with van der Waals surface area (Å²) in [6, 6.07) is 1.44. The van der Waals surface area contributed by atoms with Crippen LogP contribution in [0.1, 0.15) is 30.8 Å². The largest absolute Gasteiger partial charge is 0.345 e. The van der Waals surface area contributed by atoms with E-state index in [0.717, 1.165) is 25.0 Å². The molecule has 1 fully saturated rings. The molecule has 0 saturated carbocycles. The Kier molecular flexibility index (Phi) is 4.82. The van der Waals surface area contributed by atoms with Crippen LogP contribution in [-0.2, 0) is 25.4 Å². The summed E-state index contributed by atoms with van der Waals surface area (Å²) < 4.78 is 2.76. The van der Waals surface area contributed by atoms with Crippen LogP contribution in [0.15, 0.2) is 17.1 Å². The summed E-state index contributed by atoms with van der Waals surface area (Å²) in [6.45, 7) is 2.85. The summed E-state index contributed by atoms with van der Waals surface area (Å²) in [5.74, 6) is 1.03. The van der Waals surface area contributed by atoms with Crippen LogP contribution in [0, 0.1) is 6.92 Å². The van der Waals surface area contributed by atoms with Crippen molar-refractivity contribution in [1.29, 1.82) is 0 Å². The molecule has 0 bridgehead atoms. The third-order valence-corrected chi connectivity index (χ3v) is 4.43. The summed E-state index contributed by atoms with van der Waals surface area (Å²) in [4.78, 5) is 35.0. The molecule has 0 spiro atoms. The maximum Gasteiger partial charge on any atom is 0.345 e. The summed E-state index contributed by atoms with van der Waals surface area (Å²) in [5.41, 5.74) is 0.652. The van der Waals surface area contributed by atoms with Gasteiger partial charge in [0.2, 0.25) is 11.9 Å². The summed E-state index contributed by atoms with van der Waals surface area (Å²) in [7, 11) is 3.28. The fourth-order valence-corrected chi connectivity index (χ4v) is 2.99. The van der Waals surface area contributed by atoms with E-state index in [1.807, 2.05) is 13.0 Å². The van der Waals surface area contributed by atoms with E-state index in [2.05, 4.69) is 20.4 Å². The van der Waals surface area contributed by atoms with Crippen LogP contribution in [0.3, 0.4) is 0 Å². The van der Waals surface area contributed by atoms with Crippen molar-refractivity contribution in [1.82, 2.24) is 29.2 Å². The van der Waals surface area contributed by atoms with Crippen LogP contribution in [-0.4, -0.2) is 47.7 Å². The molecule has 1 amide bonds. The summed E-state index contributed by atoms with van der Waals surface area (Å²) >= 11 is 0. The first-order valence-electron chi connectivity index (χ1n) is 8.39. The quantitative estimate of drug-likeness (QED) is 0.851. The number of carbonyl (C=O) groups excluding carboxylic acids is 1. The van der Waals surface area contributed by atoms with Gasteiger partial charge in [-0.05, 0) is 32.3 Å². The number of hydrogen-bond donors (Lipinski definition) is 1. The Morgan fingerprint density at radius 2 is 2.08 bits per heavy atom. The molecule has 9 nitrogen and oxygen atoms in total. The highest BCUT2D eigenvalue weighted by Crippen LogP contribution is 2.17. The van der Waals surface area contributed by atoms with Crippen molar-refractivity contribution in [2.75, 3.05) is 11.9 Å². The summed E-state index contributed by atoms with van der Waals surface area (Å²) in [5, 5.41) is 7.37. The van der Waals surface area contributed by atoms with Crippen LogP contribution >= 0.6 is 0 Å². The van der Waals surface area contributed by atoms with Gasteiger partial charge in [0.05, 0.1) is 6.54 Å². The van der Waals surface area contributed by atoms with Gasteiger partial charge in [-0.15, -0.1) is 0 Å². The average Bonchev–Trinajstić information content (AvgIpc) is 2.72. The van der Waals surface area contributed by atoms with Crippen molar-refractivity contribution in [2.24, 2.45) is 14.1 Å². The molecule has 1 aliphatic heterocycles. The number of carbonyl (C=O) groups is 1. The third-order valence-electron chi connectivity index (χ3n) is 4.43. The van der Waals surface area contributed by atoms with E-state index in [4.69, 9.17) is 0 Å². The van der Waals surface area contributed by atoms with E-state index in [-0.39, 0.29) is 17.6 Å². The molecule has 3 heterocycles. The van der Waals surface area contributed by atoms with Crippen molar-refractivity contribution in [3.05, 3.63) is 34.3 Å². The number of likely N-dealkylation sites (tertiary alicyclic amines) is 1. The zero-order chi connectivity index (χ0) is 18.0. The molecular weight excluding hydrogens is 322 g/mol. The Labute approximate surface area is 145 Å². The maximum absolute atomic E-state index is 12.9. The molecule has 9 heteroatoms. The van der Waals surface area contributed by atoms with Gasteiger partial charge in [0.1, 0.15) is 6.04 Å². The fourth-order valence-electron chi connectivity index (χ4n) is 2.99. The van der Waals surface area contributed by atoms with Crippen LogP contribution < -0.4 is 11.0 Å². The summed E-state index contributed by atoms with van der Waals surface area (Å²) in [6.07, 6.45) is 4.26. The number of anilines is 1. The molecule has 2 aromatic heterocycles. The van der Waals surface area contributed by atoms with Crippen LogP contribution in [0.25, 0.3) is 0 Å². The van der Waals surface area contributed by atoms with Gasteiger partial charge < -0.3 is 10.2 Å². The van der Waals surface area contributed by atoms with Crippen molar-refractivity contribution >= 4 is 11.9 Å². The maximum atomic E-state index is 12.9. The smallest absolute Gasteiger partial charge is 0.342 e. The molecule has 3 rings (SSSR count). The minimum Gasteiger partial charge on any atom is -0.342 e. The molecule has 25 heavy (non-hydrogen) atoms. The number of hydrogen-bond acceptors (Lipinski definition) is 6. The molecular formula is C16H23N7O2. The van der Waals surface area contributed by atoms with Gasteiger partial charge in [-0.3, -0.25) is 9.36 Å². The van der Waals surface area contributed by atoms with E-state index in [9.17, 15) is 9.59 Å². The topological polar surface area (TPSA) is 97.9 Å². The number of aryl methyl sites for hydroxylation is 2. The predicted octanol–water partition coefficient (Wildman–Crippen LogP) is 0.210. The number of aromatic nitrogens is 5. The van der Waals surface area contributed by atoms with Crippen molar-refractivity contribution < 1.29 is 4.79 Å². The third kappa shape index (κ3) is 3.70. The van der Waals surface area contributed by atoms with E-state index >= 15 is 0 Å². The minimum absolute atomic E-state index is 0.0132. The lowest BCUT2D eigenvalue weighted by molar-refractivity contribution is -0.132. The molecule has 1 unspecified atom stereocenters. The lowest BCUT2D eigenvalue weighted by Gasteiger charge is -2.24. The molecule has 1 saturated heterocycles. The molecule has 0 aromatic carbocycles. The number of amides is 1. The monoisotopic (exact) mass is 345 g/mol. The number of rotatable bonds is 4. The Hall–Kier alpha value is -2.71. The second-order valence-corrected chi connectivity index (χ2v) is 6.36. The molecule has 0 aliphatic carbocycles. The Bertz CT molecular complexity index is 826. The average molecular weight is 345 g/mol. The highest BCUT2D eigenvalue weighted by Gasteiger charge is 2.28. The van der Waals surface area contributed by atoms with E-state index in [0.29, 0.717) is 24.9 Å². The van der Waals surface area contributed by atoms with Gasteiger partial charge in [-0.1, -0.05) is 0 Å². The van der Waals surface area contributed by atoms with Gasteiger partial charge in [-0.2, -0.15) is 5.10 Å². The standard InChI is InChI=1S/C16H23N7O2/c1-11-7-8-17-15(18-11)19-12-6-4-5-9-23(14(12)24)10-13-20-22(3)16(25)21(13)2/h7-8,12H,4-6,9-10H2,1-3H3,(H,17,18,19). The zero-order valence-electron chi connectivity index (χ0n) is 14.8. The molecule has 1 atom stereocenters. The molecule has 1 aliphatic rings. The normalized spacial score (nSPS) is 18.3. The first-order valence-corrected chi connectivity index (χ1v) is 8.39. The molecule has 134 valence electrons. The van der Waals surface area contributed by atoms with Crippen molar-refractivity contribution in [2.45, 2.75) is 38.8 Å². The Morgan fingerprint density at radius 1 is 1.28 bits per heavy atom.